The summed E-state index contributed by atoms with van der Waals surface area (Å²) in [6, 6.07) is 0.901. The van der Waals surface area contributed by atoms with Crippen LogP contribution in [-0.2, 0) is 4.74 Å². The zero-order valence-corrected chi connectivity index (χ0v) is 14.5. The van der Waals surface area contributed by atoms with Crippen LogP contribution in [0.2, 0.25) is 0 Å². The molecule has 0 saturated heterocycles. The molecule has 0 aromatic carbocycles. The van der Waals surface area contributed by atoms with E-state index in [1.807, 2.05) is 0 Å². The fourth-order valence-corrected chi connectivity index (χ4v) is 4.21. The summed E-state index contributed by atoms with van der Waals surface area (Å²) in [5.74, 6) is 0.894. The fraction of sp³-hybridized carbons (Fsp3) is 1.00. The molecular formula is C18H36N2O. The number of nitrogens with zero attached hydrogens (tertiary/aromatic N) is 1. The Morgan fingerprint density at radius 3 is 2.71 bits per heavy atom. The minimum absolute atomic E-state index is 0.503. The van der Waals surface area contributed by atoms with Gasteiger partial charge in [-0.1, -0.05) is 26.7 Å². The topological polar surface area (TPSA) is 24.5 Å². The molecule has 2 aliphatic rings. The Hall–Kier alpha value is -0.120. The molecule has 0 amide bonds. The van der Waals surface area contributed by atoms with Gasteiger partial charge in [0.05, 0.1) is 6.61 Å². The molecule has 124 valence electrons. The summed E-state index contributed by atoms with van der Waals surface area (Å²) in [6.07, 6.45) is 9.81. The third-order valence-electron chi connectivity index (χ3n) is 5.28. The molecule has 0 heterocycles. The standard InChI is InChI=1S/C18H36N2O/c1-4-11-20(17-7-8-17)15-18(14-19-10-12-21-3)9-5-6-16(2)13-18/h16-17,19H,4-15H2,1-3H3. The van der Waals surface area contributed by atoms with E-state index in [1.165, 1.54) is 64.6 Å². The van der Waals surface area contributed by atoms with Crippen molar-refractivity contribution < 1.29 is 4.74 Å². The molecule has 2 unspecified atom stereocenters. The van der Waals surface area contributed by atoms with Gasteiger partial charge in [-0.3, -0.25) is 4.90 Å². The fourth-order valence-electron chi connectivity index (χ4n) is 4.21. The van der Waals surface area contributed by atoms with Gasteiger partial charge in [0, 0.05) is 32.8 Å². The maximum Gasteiger partial charge on any atom is 0.0587 e. The Balaban J connectivity index is 1.92. The smallest absolute Gasteiger partial charge is 0.0587 e. The Morgan fingerprint density at radius 2 is 2.10 bits per heavy atom. The molecule has 0 bridgehead atoms. The van der Waals surface area contributed by atoms with Crippen molar-refractivity contribution in [1.29, 1.82) is 0 Å². The first-order valence-electron chi connectivity index (χ1n) is 9.13. The van der Waals surface area contributed by atoms with Crippen molar-refractivity contribution in [3.8, 4) is 0 Å². The second kappa shape index (κ2) is 8.50. The lowest BCUT2D eigenvalue weighted by Crippen LogP contribution is -2.48. The summed E-state index contributed by atoms with van der Waals surface area (Å²) in [5, 5.41) is 3.67. The van der Waals surface area contributed by atoms with Crippen LogP contribution in [0.5, 0.6) is 0 Å². The SMILES string of the molecule is CCCN(CC1(CNCCOC)CCCC(C)C1)C1CC1. The van der Waals surface area contributed by atoms with Crippen LogP contribution >= 0.6 is 0 Å². The lowest BCUT2D eigenvalue weighted by molar-refractivity contribution is 0.0736. The highest BCUT2D eigenvalue weighted by molar-refractivity contribution is 4.94. The summed E-state index contributed by atoms with van der Waals surface area (Å²) in [6.45, 7) is 10.4. The van der Waals surface area contributed by atoms with Gasteiger partial charge in [0.2, 0.25) is 0 Å². The van der Waals surface area contributed by atoms with Crippen LogP contribution in [0, 0.1) is 11.3 Å². The number of nitrogens with one attached hydrogen (secondary N) is 1. The summed E-state index contributed by atoms with van der Waals surface area (Å²) in [7, 11) is 1.79. The Morgan fingerprint density at radius 1 is 1.29 bits per heavy atom. The van der Waals surface area contributed by atoms with Crippen LogP contribution in [0.3, 0.4) is 0 Å². The van der Waals surface area contributed by atoms with E-state index in [-0.39, 0.29) is 0 Å². The van der Waals surface area contributed by atoms with Crippen molar-refractivity contribution in [3.05, 3.63) is 0 Å². The highest BCUT2D eigenvalue weighted by Crippen LogP contribution is 2.41. The number of rotatable bonds is 10. The van der Waals surface area contributed by atoms with Gasteiger partial charge in [-0.15, -0.1) is 0 Å². The van der Waals surface area contributed by atoms with E-state index < -0.39 is 0 Å². The first kappa shape index (κ1) is 17.2. The molecule has 0 aromatic heterocycles. The van der Waals surface area contributed by atoms with Gasteiger partial charge in [0.25, 0.3) is 0 Å². The molecule has 2 fully saturated rings. The molecule has 3 nitrogen and oxygen atoms in total. The monoisotopic (exact) mass is 296 g/mol. The second-order valence-corrected chi connectivity index (χ2v) is 7.57. The molecule has 21 heavy (non-hydrogen) atoms. The minimum Gasteiger partial charge on any atom is -0.383 e. The molecule has 2 atom stereocenters. The predicted octanol–water partition coefficient (Wildman–Crippen LogP) is 3.29. The number of ether oxygens (including phenoxy) is 1. The van der Waals surface area contributed by atoms with E-state index in [0.717, 1.165) is 25.1 Å². The quantitative estimate of drug-likeness (QED) is 0.626. The van der Waals surface area contributed by atoms with E-state index in [2.05, 4.69) is 24.1 Å². The molecule has 2 rings (SSSR count). The Labute approximate surface area is 131 Å². The molecular weight excluding hydrogens is 260 g/mol. The maximum atomic E-state index is 5.18. The molecule has 0 aliphatic heterocycles. The third-order valence-corrected chi connectivity index (χ3v) is 5.28. The van der Waals surface area contributed by atoms with Crippen LogP contribution in [-0.4, -0.2) is 50.8 Å². The van der Waals surface area contributed by atoms with Crippen molar-refractivity contribution in [3.63, 3.8) is 0 Å². The summed E-state index contributed by atoms with van der Waals surface area (Å²) in [5.41, 5.74) is 0.503. The van der Waals surface area contributed by atoms with E-state index in [4.69, 9.17) is 4.74 Å². The minimum atomic E-state index is 0.503. The van der Waals surface area contributed by atoms with Gasteiger partial charge in [0.15, 0.2) is 0 Å². The lowest BCUT2D eigenvalue weighted by atomic mass is 9.69. The first-order valence-corrected chi connectivity index (χ1v) is 9.13. The number of methoxy groups -OCH3 is 1. The number of hydrogen-bond acceptors (Lipinski definition) is 3. The van der Waals surface area contributed by atoms with E-state index >= 15 is 0 Å². The van der Waals surface area contributed by atoms with Crippen molar-refractivity contribution in [2.45, 2.75) is 64.8 Å². The van der Waals surface area contributed by atoms with Gasteiger partial charge in [-0.2, -0.15) is 0 Å². The predicted molar refractivity (Wildman–Crippen MR) is 89.7 cm³/mol. The van der Waals surface area contributed by atoms with Crippen molar-refractivity contribution in [2.75, 3.05) is 39.9 Å². The lowest BCUT2D eigenvalue weighted by Gasteiger charge is -2.44. The van der Waals surface area contributed by atoms with Crippen molar-refractivity contribution in [2.24, 2.45) is 11.3 Å². The van der Waals surface area contributed by atoms with Gasteiger partial charge in [-0.05, 0) is 50.0 Å². The van der Waals surface area contributed by atoms with Crippen molar-refractivity contribution in [1.82, 2.24) is 10.2 Å². The molecule has 1 N–H and O–H groups in total. The number of hydrogen-bond donors (Lipinski definition) is 1. The van der Waals surface area contributed by atoms with Gasteiger partial charge in [0.1, 0.15) is 0 Å². The molecule has 2 saturated carbocycles. The average molecular weight is 296 g/mol. The molecule has 3 heteroatoms. The normalized spacial score (nSPS) is 30.0. The maximum absolute atomic E-state index is 5.18. The zero-order chi connectivity index (χ0) is 15.1. The van der Waals surface area contributed by atoms with Crippen LogP contribution in [0.1, 0.15) is 58.8 Å². The van der Waals surface area contributed by atoms with Crippen molar-refractivity contribution >= 4 is 0 Å². The van der Waals surface area contributed by atoms with Crippen LogP contribution in [0.25, 0.3) is 0 Å². The second-order valence-electron chi connectivity index (χ2n) is 7.57. The summed E-state index contributed by atoms with van der Waals surface area (Å²) >= 11 is 0. The van der Waals surface area contributed by atoms with Gasteiger partial charge < -0.3 is 10.1 Å². The van der Waals surface area contributed by atoms with Crippen LogP contribution < -0.4 is 5.32 Å². The largest absolute Gasteiger partial charge is 0.383 e. The molecule has 0 spiro atoms. The van der Waals surface area contributed by atoms with E-state index in [0.29, 0.717) is 5.41 Å². The molecule has 2 aliphatic carbocycles. The van der Waals surface area contributed by atoms with Crippen LogP contribution in [0.15, 0.2) is 0 Å². The van der Waals surface area contributed by atoms with E-state index in [9.17, 15) is 0 Å². The van der Waals surface area contributed by atoms with E-state index in [1.54, 1.807) is 7.11 Å². The summed E-state index contributed by atoms with van der Waals surface area (Å²) < 4.78 is 5.18. The van der Waals surface area contributed by atoms with Gasteiger partial charge >= 0.3 is 0 Å². The zero-order valence-electron chi connectivity index (χ0n) is 14.5. The first-order chi connectivity index (χ1) is 10.2. The third kappa shape index (κ3) is 5.54. The van der Waals surface area contributed by atoms with Gasteiger partial charge in [-0.25, -0.2) is 0 Å². The van der Waals surface area contributed by atoms with Crippen LogP contribution in [0.4, 0.5) is 0 Å². The molecule has 0 radical (unpaired) electrons. The average Bonchev–Trinajstić information content (AvgIpc) is 3.28. The Bertz CT molecular complexity index is 293. The Kier molecular flexibility index (Phi) is 6.97. The highest BCUT2D eigenvalue weighted by Gasteiger charge is 2.39. The summed E-state index contributed by atoms with van der Waals surface area (Å²) in [4.78, 5) is 2.80. The highest BCUT2D eigenvalue weighted by atomic mass is 16.5. The molecule has 0 aromatic rings.